The van der Waals surface area contributed by atoms with Gasteiger partial charge in [-0.2, -0.15) is 26.3 Å². The van der Waals surface area contributed by atoms with Gasteiger partial charge in [-0.25, -0.2) is 0 Å². The summed E-state index contributed by atoms with van der Waals surface area (Å²) in [5, 5.41) is 0. The smallest absolute Gasteiger partial charge is 0.417 e. The standard InChI is InChI=1S/C16H48O12Si10.C7H24O12Si7.2C4H7F3/c1-29(2,3)17-32(10)20-35(13)22-33(11,18-30(4,5)6)24-37(15)25-34(12,19-31(7,8)9)23-36(14,21-32)27-38(16,26-35)28-37;1-20(8)11-23(4)13-21(2,9)15-25(6)16-22(3,10)14-24(5,12-20)18-26(7,17-23)19-25;2*1-2-3-4(5,6)7/h1-16H3;8-10H,1-7H3;2*2-3H2,1H3. The number of fused-ring (bicyclic) bond motifs is 6. The minimum atomic E-state index is -3.95. The Kier molecular flexibility index (Phi) is 23.3. The van der Waals surface area contributed by atoms with Crippen LogP contribution in [0.25, 0.3) is 0 Å². The second kappa shape index (κ2) is 24.4. The molecule has 6 aliphatic rings. The van der Waals surface area contributed by atoms with E-state index in [2.05, 4.69) is 58.9 Å². The van der Waals surface area contributed by atoms with Gasteiger partial charge in [0.05, 0.1) is 0 Å². The maximum atomic E-state index is 11.1. The van der Waals surface area contributed by atoms with Crippen molar-refractivity contribution in [2.75, 3.05) is 0 Å². The molecule has 0 aromatic heterocycles. The van der Waals surface area contributed by atoms with Crippen LogP contribution in [0, 0.1) is 0 Å². The van der Waals surface area contributed by atoms with E-state index in [-0.39, 0.29) is 12.8 Å². The van der Waals surface area contributed by atoms with Crippen LogP contribution in [0.2, 0.25) is 151 Å². The van der Waals surface area contributed by atoms with Gasteiger partial charge in [0.1, 0.15) is 0 Å². The minimum Gasteiger partial charge on any atom is -0.417 e. The predicted octanol–water partition coefficient (Wildman–Crippen LogP) is 8.54. The second-order valence-corrected chi connectivity index (χ2v) is 77.6. The molecule has 6 fully saturated rings. The molecule has 0 aromatic rings. The summed E-state index contributed by atoms with van der Waals surface area (Å²) in [6.07, 6.45) is -8.85. The monoisotopic (exact) mass is 1430 g/mol. The molecule has 0 radical (unpaired) electrons. The van der Waals surface area contributed by atoms with Gasteiger partial charge in [0.25, 0.3) is 0 Å². The van der Waals surface area contributed by atoms with E-state index >= 15 is 0 Å². The normalized spacial score (nSPS) is 45.5. The Hall–Kier alpha value is 2.31. The van der Waals surface area contributed by atoms with Crippen molar-refractivity contribution >= 4 is 148 Å². The fourth-order valence-corrected chi connectivity index (χ4v) is 90.8. The van der Waals surface area contributed by atoms with E-state index in [1.54, 1.807) is 13.1 Å². The van der Waals surface area contributed by atoms with E-state index in [9.17, 15) is 40.7 Å². The third-order valence-electron chi connectivity index (χ3n) is 9.24. The van der Waals surface area contributed by atoms with Crippen molar-refractivity contribution < 1.29 is 127 Å². The molecule has 0 spiro atoms. The summed E-state index contributed by atoms with van der Waals surface area (Å²) in [6, 6.07) is 0. The molecule has 6 heterocycles. The molecular formula is C31H86F6O24Si17. The number of hydrogen-bond donors (Lipinski definition) is 3. The lowest BCUT2D eigenvalue weighted by molar-refractivity contribution is -0.135. The summed E-state index contributed by atoms with van der Waals surface area (Å²) in [4.78, 5) is 32.0. The van der Waals surface area contributed by atoms with Gasteiger partial charge in [0, 0.05) is 104 Å². The van der Waals surface area contributed by atoms with Crippen molar-refractivity contribution in [3.8, 4) is 0 Å². The Labute approximate surface area is 474 Å². The van der Waals surface area contributed by atoms with Crippen LogP contribution in [-0.2, 0) is 86.4 Å². The highest BCUT2D eigenvalue weighted by Gasteiger charge is 2.75. The molecule has 6 aliphatic heterocycles. The summed E-state index contributed by atoms with van der Waals surface area (Å²) in [5.41, 5.74) is 0. The van der Waals surface area contributed by atoms with Gasteiger partial charge < -0.3 is 101 Å². The molecule has 3 N–H and O–H groups in total. The Balaban J connectivity index is 0.000000341. The van der Waals surface area contributed by atoms with Crippen molar-refractivity contribution in [3.63, 3.8) is 0 Å². The molecular weight excluding hydrogens is 1350 g/mol. The van der Waals surface area contributed by atoms with E-state index in [0.29, 0.717) is 0 Å². The Morgan fingerprint density at radius 2 is 0.436 bits per heavy atom. The maximum Gasteiger partial charge on any atom is 0.480 e. The zero-order valence-electron chi connectivity index (χ0n) is 49.5. The Morgan fingerprint density at radius 1 is 0.295 bits per heavy atom. The molecule has 0 aliphatic carbocycles. The molecule has 78 heavy (non-hydrogen) atoms. The summed E-state index contributed by atoms with van der Waals surface area (Å²) in [5.74, 6) is 0. The van der Waals surface area contributed by atoms with E-state index in [1.165, 1.54) is 53.1 Å². The Bertz CT molecular complexity index is 1790. The second-order valence-electron chi connectivity index (χ2n) is 23.4. The first-order valence-electron chi connectivity index (χ1n) is 25.0. The summed E-state index contributed by atoms with van der Waals surface area (Å²) in [6.45, 7) is 44.6. The summed E-state index contributed by atoms with van der Waals surface area (Å²) >= 11 is 0. The molecule has 0 aromatic carbocycles. The third-order valence-corrected chi connectivity index (χ3v) is 74.6. The number of rotatable bonds is 8. The molecule has 47 heteroatoms. The highest BCUT2D eigenvalue weighted by molar-refractivity contribution is 7.00. The average molecular weight is 1430 g/mol. The molecule has 0 unspecified atom stereocenters. The molecule has 0 amide bonds. The lowest BCUT2D eigenvalue weighted by Gasteiger charge is -2.56. The number of hydrogen-bond acceptors (Lipinski definition) is 24. The van der Waals surface area contributed by atoms with Gasteiger partial charge in [0.15, 0.2) is 25.0 Å². The number of alkyl halides is 6. The lowest BCUT2D eigenvalue weighted by atomic mass is 10.3. The van der Waals surface area contributed by atoms with Crippen LogP contribution in [0.4, 0.5) is 26.3 Å². The van der Waals surface area contributed by atoms with Gasteiger partial charge in [-0.05, 0) is 71.8 Å². The van der Waals surface area contributed by atoms with Gasteiger partial charge in [0.2, 0.25) is 0 Å². The highest BCUT2D eigenvalue weighted by atomic mass is 28.6. The zero-order valence-corrected chi connectivity index (χ0v) is 66.5. The molecule has 24 nitrogen and oxygen atoms in total. The van der Waals surface area contributed by atoms with Gasteiger partial charge in [-0.1, -0.05) is 13.8 Å². The summed E-state index contributed by atoms with van der Waals surface area (Å²) < 4.78 is 200. The first kappa shape index (κ1) is 74.6. The highest BCUT2D eigenvalue weighted by Crippen LogP contribution is 2.45. The van der Waals surface area contributed by atoms with Gasteiger partial charge >= 0.3 is 136 Å². The van der Waals surface area contributed by atoms with E-state index in [0.717, 1.165) is 0 Å². The van der Waals surface area contributed by atoms with Crippen LogP contribution < -0.4 is 0 Å². The molecule has 8 bridgehead atoms. The van der Waals surface area contributed by atoms with Crippen molar-refractivity contribution in [3.05, 3.63) is 0 Å². The van der Waals surface area contributed by atoms with Crippen molar-refractivity contribution in [1.82, 2.24) is 0 Å². The first-order chi connectivity index (χ1) is 34.0. The quantitative estimate of drug-likeness (QED) is 0.152. The lowest BCUT2D eigenvalue weighted by Crippen LogP contribution is -2.81. The molecule has 0 atom stereocenters. The SMILES string of the molecule is CCCC(F)(F)F.CCCC(F)(F)F.C[Si](C)(C)O[Si]1(C)O[Si]2(C)O[Si](C)(O[Si](C)(C)C)O[Si]3(C)O[Si](C)(O[Si](C)(C)C)O[Si](C)(O1)O[Si](C)(O2)O3.C[Si]1(O)O[Si]2(C)O[Si](C)(O)O[Si]3(C)O[Si](C)(O)O[Si](C)(O1)O[Si](C)(O2)O3. The van der Waals surface area contributed by atoms with Crippen LogP contribution in [0.3, 0.4) is 0 Å². The van der Waals surface area contributed by atoms with Gasteiger partial charge in [-0.15, -0.1) is 0 Å². The minimum absolute atomic E-state index is 0.184. The van der Waals surface area contributed by atoms with Crippen LogP contribution in [0.5, 0.6) is 0 Å². The third kappa shape index (κ3) is 25.2. The molecule has 464 valence electrons. The van der Waals surface area contributed by atoms with Crippen LogP contribution >= 0.6 is 0 Å². The zero-order chi connectivity index (χ0) is 61.2. The van der Waals surface area contributed by atoms with Crippen molar-refractivity contribution in [2.45, 2.75) is 202 Å². The predicted molar refractivity (Wildman–Crippen MR) is 304 cm³/mol. The van der Waals surface area contributed by atoms with Crippen LogP contribution in [0.15, 0.2) is 0 Å². The fraction of sp³-hybridized carbons (Fsp3) is 1.00. The van der Waals surface area contributed by atoms with E-state index in [4.69, 9.17) is 86.4 Å². The largest absolute Gasteiger partial charge is 0.480 e. The topological polar surface area (TPSA) is 255 Å². The van der Waals surface area contributed by atoms with E-state index in [1.807, 2.05) is 39.3 Å². The number of halogens is 6. The van der Waals surface area contributed by atoms with Crippen LogP contribution in [-0.4, -0.2) is 175 Å². The van der Waals surface area contributed by atoms with Crippen molar-refractivity contribution in [2.24, 2.45) is 0 Å². The summed E-state index contributed by atoms with van der Waals surface area (Å²) in [7, 11) is -57.6. The average Bonchev–Trinajstić information content (AvgIpc) is 2.96. The van der Waals surface area contributed by atoms with Crippen LogP contribution in [0.1, 0.15) is 39.5 Å². The maximum absolute atomic E-state index is 11.1. The Morgan fingerprint density at radius 3 is 0.551 bits per heavy atom. The first-order valence-corrected chi connectivity index (χ1v) is 66.5. The molecule has 6 rings (SSSR count). The molecule has 6 saturated heterocycles. The van der Waals surface area contributed by atoms with Crippen molar-refractivity contribution in [1.29, 1.82) is 0 Å². The fourth-order valence-electron chi connectivity index (χ4n) is 9.09. The molecule has 0 saturated carbocycles. The van der Waals surface area contributed by atoms with E-state index < -0.39 is 173 Å². The van der Waals surface area contributed by atoms with Gasteiger partial charge in [-0.3, -0.25) is 0 Å².